The molecule has 1 aromatic carbocycles. The van der Waals surface area contributed by atoms with Gasteiger partial charge in [-0.1, -0.05) is 18.6 Å². The summed E-state index contributed by atoms with van der Waals surface area (Å²) in [6.07, 6.45) is 9.37. The van der Waals surface area contributed by atoms with E-state index in [2.05, 4.69) is 26.6 Å². The molecule has 3 fully saturated rings. The maximum atomic E-state index is 12.2. The zero-order chi connectivity index (χ0) is 22.2. The molecular formula is C25H38N4O3. The number of hydrogen-bond donors (Lipinski definition) is 2. The van der Waals surface area contributed by atoms with E-state index >= 15 is 0 Å². The van der Waals surface area contributed by atoms with Gasteiger partial charge in [0.05, 0.1) is 18.8 Å². The molecule has 32 heavy (non-hydrogen) atoms. The molecule has 2 aliphatic heterocycles. The van der Waals surface area contributed by atoms with E-state index in [-0.39, 0.29) is 17.9 Å². The number of piperidine rings is 1. The number of guanidine groups is 1. The average molecular weight is 443 g/mol. The normalized spacial score (nSPS) is 23.0. The molecule has 1 atom stereocenters. The van der Waals surface area contributed by atoms with E-state index in [1.54, 1.807) is 0 Å². The Bertz CT molecular complexity index is 766. The van der Waals surface area contributed by atoms with Gasteiger partial charge < -0.3 is 25.0 Å². The fraction of sp³-hybridized carbons (Fsp3) is 0.680. The summed E-state index contributed by atoms with van der Waals surface area (Å²) in [5.74, 6) is 1.26. The molecule has 0 radical (unpaired) electrons. The molecule has 1 aromatic rings. The number of aliphatic imine (C=N–C) groups is 1. The molecule has 0 bridgehead atoms. The summed E-state index contributed by atoms with van der Waals surface area (Å²) < 4.78 is 11.9. The number of carbonyl (C=O) groups excluding carboxylic acids is 1. The summed E-state index contributed by atoms with van der Waals surface area (Å²) in [5.41, 5.74) is 2.00. The summed E-state index contributed by atoms with van der Waals surface area (Å²) in [7, 11) is 1.83. The Morgan fingerprint density at radius 1 is 1.16 bits per heavy atom. The third-order valence-corrected chi connectivity index (χ3v) is 6.87. The van der Waals surface area contributed by atoms with Crippen molar-refractivity contribution in [1.29, 1.82) is 0 Å². The van der Waals surface area contributed by atoms with Crippen molar-refractivity contribution in [2.45, 2.75) is 70.1 Å². The minimum atomic E-state index is 0.150. The van der Waals surface area contributed by atoms with E-state index in [0.717, 1.165) is 75.6 Å². The number of amides is 1. The molecule has 2 heterocycles. The van der Waals surface area contributed by atoms with Crippen LogP contribution >= 0.6 is 0 Å². The molecule has 1 amide bonds. The molecule has 7 heteroatoms. The Labute approximate surface area is 191 Å². The summed E-state index contributed by atoms with van der Waals surface area (Å²) >= 11 is 0. The van der Waals surface area contributed by atoms with E-state index in [4.69, 9.17) is 9.47 Å². The summed E-state index contributed by atoms with van der Waals surface area (Å²) in [5, 5.41) is 6.54. The Kier molecular flexibility index (Phi) is 8.40. The van der Waals surface area contributed by atoms with E-state index in [1.165, 1.54) is 19.3 Å². The largest absolute Gasteiger partial charge is 0.376 e. The minimum Gasteiger partial charge on any atom is -0.376 e. The lowest BCUT2D eigenvalue weighted by molar-refractivity contribution is -0.122. The van der Waals surface area contributed by atoms with Crippen molar-refractivity contribution >= 4 is 17.6 Å². The summed E-state index contributed by atoms with van der Waals surface area (Å²) in [6, 6.07) is 8.07. The molecule has 3 aliphatic rings. The van der Waals surface area contributed by atoms with Crippen molar-refractivity contribution in [3.05, 3.63) is 29.8 Å². The molecule has 2 N–H and O–H groups in total. The highest BCUT2D eigenvalue weighted by Gasteiger charge is 2.25. The van der Waals surface area contributed by atoms with Crippen LogP contribution in [0.25, 0.3) is 0 Å². The van der Waals surface area contributed by atoms with E-state index < -0.39 is 0 Å². The second kappa shape index (κ2) is 11.7. The molecule has 1 saturated carbocycles. The van der Waals surface area contributed by atoms with Crippen LogP contribution in [0.3, 0.4) is 0 Å². The maximum Gasteiger partial charge on any atom is 0.227 e. The number of carbonyl (C=O) groups is 1. The predicted octanol–water partition coefficient (Wildman–Crippen LogP) is 3.55. The molecule has 176 valence electrons. The Balaban J connectivity index is 1.19. The van der Waals surface area contributed by atoms with Crippen molar-refractivity contribution in [2.24, 2.45) is 10.9 Å². The van der Waals surface area contributed by atoms with Gasteiger partial charge in [-0.3, -0.25) is 9.79 Å². The number of likely N-dealkylation sites (tertiary alicyclic amines) is 1. The van der Waals surface area contributed by atoms with Crippen molar-refractivity contribution < 1.29 is 14.3 Å². The summed E-state index contributed by atoms with van der Waals surface area (Å²) in [6.45, 7) is 4.16. The highest BCUT2D eigenvalue weighted by Crippen LogP contribution is 2.27. The van der Waals surface area contributed by atoms with Gasteiger partial charge in [0.25, 0.3) is 0 Å². The topological polar surface area (TPSA) is 75.2 Å². The molecule has 4 rings (SSSR count). The van der Waals surface area contributed by atoms with Gasteiger partial charge >= 0.3 is 0 Å². The molecule has 7 nitrogen and oxygen atoms in total. The molecule has 0 spiro atoms. The SMILES string of the molecule is CN=C(NCc1cccc(NC(=O)C2CCC2)c1)N1CCC(OCC2CCCCO2)CC1. The number of hydrogen-bond acceptors (Lipinski definition) is 4. The van der Waals surface area contributed by atoms with Gasteiger partial charge in [-0.2, -0.15) is 0 Å². The molecule has 1 unspecified atom stereocenters. The Hall–Kier alpha value is -2.12. The smallest absolute Gasteiger partial charge is 0.227 e. The minimum absolute atomic E-state index is 0.150. The first-order valence-electron chi connectivity index (χ1n) is 12.3. The van der Waals surface area contributed by atoms with Crippen LogP contribution in [-0.2, 0) is 20.8 Å². The van der Waals surface area contributed by atoms with Gasteiger partial charge in [-0.25, -0.2) is 0 Å². The molecule has 1 aliphatic carbocycles. The fourth-order valence-corrected chi connectivity index (χ4v) is 4.60. The lowest BCUT2D eigenvalue weighted by Gasteiger charge is -2.35. The van der Waals surface area contributed by atoms with E-state index in [1.807, 2.05) is 25.2 Å². The summed E-state index contributed by atoms with van der Waals surface area (Å²) in [4.78, 5) is 19.0. The Morgan fingerprint density at radius 3 is 2.69 bits per heavy atom. The second-order valence-electron chi connectivity index (χ2n) is 9.23. The Morgan fingerprint density at radius 2 is 2.00 bits per heavy atom. The van der Waals surface area contributed by atoms with Gasteiger partial charge in [0.15, 0.2) is 5.96 Å². The third-order valence-electron chi connectivity index (χ3n) is 6.87. The van der Waals surface area contributed by atoms with E-state index in [9.17, 15) is 4.79 Å². The van der Waals surface area contributed by atoms with Crippen molar-refractivity contribution in [3.63, 3.8) is 0 Å². The zero-order valence-corrected chi connectivity index (χ0v) is 19.4. The first-order valence-corrected chi connectivity index (χ1v) is 12.3. The molecule has 0 aromatic heterocycles. The van der Waals surface area contributed by atoms with Crippen molar-refractivity contribution in [1.82, 2.24) is 10.2 Å². The second-order valence-corrected chi connectivity index (χ2v) is 9.23. The fourth-order valence-electron chi connectivity index (χ4n) is 4.60. The van der Waals surface area contributed by atoms with Crippen LogP contribution in [0.1, 0.15) is 56.9 Å². The number of nitrogens with zero attached hydrogens (tertiary/aromatic N) is 2. The van der Waals surface area contributed by atoms with Crippen molar-refractivity contribution in [2.75, 3.05) is 38.7 Å². The highest BCUT2D eigenvalue weighted by atomic mass is 16.5. The van der Waals surface area contributed by atoms with Crippen LogP contribution < -0.4 is 10.6 Å². The lowest BCUT2D eigenvalue weighted by Crippen LogP contribution is -2.47. The lowest BCUT2D eigenvalue weighted by atomic mass is 9.85. The number of nitrogens with one attached hydrogen (secondary N) is 2. The maximum absolute atomic E-state index is 12.2. The van der Waals surface area contributed by atoms with Gasteiger partial charge in [0.2, 0.25) is 5.91 Å². The van der Waals surface area contributed by atoms with E-state index in [0.29, 0.717) is 12.6 Å². The van der Waals surface area contributed by atoms with Gasteiger partial charge in [-0.15, -0.1) is 0 Å². The number of ether oxygens (including phenoxy) is 2. The van der Waals surface area contributed by atoms with Gasteiger partial charge in [0.1, 0.15) is 0 Å². The van der Waals surface area contributed by atoms with Gasteiger partial charge in [-0.05, 0) is 62.6 Å². The number of benzene rings is 1. The zero-order valence-electron chi connectivity index (χ0n) is 19.4. The van der Waals surface area contributed by atoms with Crippen LogP contribution in [0.4, 0.5) is 5.69 Å². The van der Waals surface area contributed by atoms with Crippen LogP contribution in [0.5, 0.6) is 0 Å². The number of anilines is 1. The molecular weight excluding hydrogens is 404 g/mol. The van der Waals surface area contributed by atoms with Crippen LogP contribution in [0.2, 0.25) is 0 Å². The highest BCUT2D eigenvalue weighted by molar-refractivity contribution is 5.93. The first kappa shape index (κ1) is 23.1. The quantitative estimate of drug-likeness (QED) is 0.499. The predicted molar refractivity (Wildman–Crippen MR) is 127 cm³/mol. The monoisotopic (exact) mass is 442 g/mol. The average Bonchev–Trinajstić information content (AvgIpc) is 2.78. The van der Waals surface area contributed by atoms with Crippen LogP contribution in [0, 0.1) is 5.92 Å². The third kappa shape index (κ3) is 6.45. The first-order chi connectivity index (χ1) is 15.7. The number of rotatable bonds is 7. The van der Waals surface area contributed by atoms with Crippen LogP contribution in [0.15, 0.2) is 29.3 Å². The van der Waals surface area contributed by atoms with Crippen molar-refractivity contribution in [3.8, 4) is 0 Å². The van der Waals surface area contributed by atoms with Crippen LogP contribution in [-0.4, -0.2) is 62.3 Å². The van der Waals surface area contributed by atoms with Gasteiger partial charge in [0, 0.05) is 44.9 Å². The molecule has 2 saturated heterocycles. The standard InChI is InChI=1S/C25H38N4O3/c1-26-25(29-13-11-22(12-14-29)32-18-23-10-2-3-15-31-23)27-17-19-6-4-9-21(16-19)28-24(30)20-7-5-8-20/h4,6,9,16,20,22-23H,2-3,5,7-8,10-15,17-18H2,1H3,(H,26,27)(H,28,30).